The van der Waals surface area contributed by atoms with Crippen LogP contribution in [0.5, 0.6) is 5.75 Å². The van der Waals surface area contributed by atoms with Gasteiger partial charge in [0.05, 0.1) is 12.5 Å². The van der Waals surface area contributed by atoms with Gasteiger partial charge in [-0.1, -0.05) is 18.2 Å². The van der Waals surface area contributed by atoms with Crippen LogP contribution in [0.1, 0.15) is 35.5 Å². The molecule has 1 aromatic heterocycles. The second kappa shape index (κ2) is 9.32. The number of anilines is 1. The minimum Gasteiger partial charge on any atom is -0.497 e. The van der Waals surface area contributed by atoms with Crippen molar-refractivity contribution >= 4 is 29.1 Å². The lowest BCUT2D eigenvalue weighted by Gasteiger charge is -2.26. The van der Waals surface area contributed by atoms with E-state index in [2.05, 4.69) is 5.32 Å². The van der Waals surface area contributed by atoms with E-state index in [9.17, 15) is 9.59 Å². The largest absolute Gasteiger partial charge is 0.497 e. The Bertz CT molecular complexity index is 1180. The molecule has 2 amide bonds. The third-order valence-corrected chi connectivity index (χ3v) is 6.49. The van der Waals surface area contributed by atoms with E-state index in [-0.39, 0.29) is 17.7 Å². The fourth-order valence-corrected chi connectivity index (χ4v) is 3.82. The van der Waals surface area contributed by atoms with Crippen LogP contribution in [0.4, 0.5) is 5.69 Å². The van der Waals surface area contributed by atoms with Gasteiger partial charge in [0.2, 0.25) is 5.91 Å². The van der Waals surface area contributed by atoms with Crippen molar-refractivity contribution in [1.29, 1.82) is 0 Å². The van der Waals surface area contributed by atoms with E-state index in [4.69, 9.17) is 20.8 Å². The summed E-state index contributed by atoms with van der Waals surface area (Å²) in [6, 6.07) is 16.7. The summed E-state index contributed by atoms with van der Waals surface area (Å²) >= 11 is 5.92. The number of methoxy groups -OCH3 is 1. The number of rotatable bonds is 6. The summed E-state index contributed by atoms with van der Waals surface area (Å²) in [6.07, 6.45) is 0.644. The van der Waals surface area contributed by atoms with Gasteiger partial charge in [0.15, 0.2) is 0 Å². The molecule has 4 rings (SSSR count). The van der Waals surface area contributed by atoms with E-state index < -0.39 is 5.41 Å². The van der Waals surface area contributed by atoms with E-state index in [1.165, 1.54) is 0 Å². The van der Waals surface area contributed by atoms with Crippen LogP contribution in [0.2, 0.25) is 0 Å². The Balaban J connectivity index is 1.51. The van der Waals surface area contributed by atoms with E-state index in [0.29, 0.717) is 42.3 Å². The zero-order valence-electron chi connectivity index (χ0n) is 19.0. The Hall–Kier alpha value is -3.25. The van der Waals surface area contributed by atoms with Gasteiger partial charge >= 0.3 is 0 Å². The topological polar surface area (TPSA) is 71.8 Å². The second-order valence-electron chi connectivity index (χ2n) is 8.82. The number of furan rings is 1. The normalized spacial score (nSPS) is 13.4. The molecule has 172 valence electrons. The van der Waals surface area contributed by atoms with Gasteiger partial charge in [0.1, 0.15) is 17.3 Å². The van der Waals surface area contributed by atoms with Crippen LogP contribution in [0.3, 0.4) is 0 Å². The van der Waals surface area contributed by atoms with Crippen molar-refractivity contribution in [3.05, 3.63) is 71.5 Å². The first-order chi connectivity index (χ1) is 15.8. The number of benzene rings is 2. The number of alkyl halides is 1. The van der Waals surface area contributed by atoms with Gasteiger partial charge in [-0.3, -0.25) is 9.59 Å². The lowest BCUT2D eigenvalue weighted by atomic mass is 9.95. The molecule has 1 aliphatic heterocycles. The molecule has 2 heterocycles. The predicted molar refractivity (Wildman–Crippen MR) is 129 cm³/mol. The summed E-state index contributed by atoms with van der Waals surface area (Å²) in [7, 11) is 1.59. The summed E-state index contributed by atoms with van der Waals surface area (Å²) in [5.74, 6) is 2.31. The van der Waals surface area contributed by atoms with Crippen LogP contribution < -0.4 is 10.1 Å². The number of ether oxygens (including phenoxy) is 1. The van der Waals surface area contributed by atoms with Crippen molar-refractivity contribution in [1.82, 2.24) is 4.90 Å². The third kappa shape index (κ3) is 4.91. The maximum absolute atomic E-state index is 13.0. The number of nitrogens with zero attached hydrogens (tertiary/aromatic N) is 1. The van der Waals surface area contributed by atoms with Crippen molar-refractivity contribution in [2.75, 3.05) is 24.9 Å². The lowest BCUT2D eigenvalue weighted by Crippen LogP contribution is -2.35. The maximum atomic E-state index is 13.0. The van der Waals surface area contributed by atoms with Crippen molar-refractivity contribution in [3.8, 4) is 17.1 Å². The molecule has 0 bridgehead atoms. The molecule has 0 saturated heterocycles. The van der Waals surface area contributed by atoms with Crippen LogP contribution in [-0.4, -0.2) is 36.2 Å². The van der Waals surface area contributed by atoms with E-state index in [1.807, 2.05) is 47.4 Å². The quantitative estimate of drug-likeness (QED) is 0.496. The molecule has 0 aliphatic carbocycles. The van der Waals surface area contributed by atoms with Crippen molar-refractivity contribution in [2.45, 2.75) is 26.8 Å². The Morgan fingerprint density at radius 3 is 2.70 bits per heavy atom. The van der Waals surface area contributed by atoms with E-state index in [1.54, 1.807) is 33.1 Å². The smallest absolute Gasteiger partial charge is 0.254 e. The van der Waals surface area contributed by atoms with Gasteiger partial charge in [-0.25, -0.2) is 0 Å². The predicted octanol–water partition coefficient (Wildman–Crippen LogP) is 5.36. The first kappa shape index (κ1) is 22.9. The number of halogens is 1. The van der Waals surface area contributed by atoms with Gasteiger partial charge < -0.3 is 19.4 Å². The molecule has 0 atom stereocenters. The average Bonchev–Trinajstić information content (AvgIpc) is 3.27. The summed E-state index contributed by atoms with van der Waals surface area (Å²) < 4.78 is 11.4. The molecule has 0 radical (unpaired) electrons. The first-order valence-corrected chi connectivity index (χ1v) is 11.4. The number of amides is 2. The highest BCUT2D eigenvalue weighted by molar-refractivity contribution is 6.20. The Morgan fingerprint density at radius 2 is 1.94 bits per heavy atom. The molecule has 1 aliphatic rings. The SMILES string of the molecule is COc1cccc(C(=O)N2CCc3oc(-c4cccc(NC(=O)C(C)(C)CCl)c4)cc3C2)c1. The van der Waals surface area contributed by atoms with Crippen molar-refractivity contribution < 1.29 is 18.7 Å². The molecule has 7 heteroatoms. The van der Waals surface area contributed by atoms with Crippen LogP contribution in [0, 0.1) is 5.41 Å². The standard InChI is InChI=1S/C26H27ClN2O4/c1-26(2,16-27)25(31)28-20-8-4-6-17(12-20)23-14-19-15-29(11-10-22(19)33-23)24(30)18-7-5-9-21(13-18)32-3/h4-9,12-14H,10-11,15-16H2,1-3H3,(H,28,31). The number of hydrogen-bond donors (Lipinski definition) is 1. The molecule has 6 nitrogen and oxygen atoms in total. The van der Waals surface area contributed by atoms with Crippen molar-refractivity contribution in [3.63, 3.8) is 0 Å². The highest BCUT2D eigenvalue weighted by Crippen LogP contribution is 2.32. The number of nitrogens with one attached hydrogen (secondary N) is 1. The van der Waals surface area contributed by atoms with Crippen LogP contribution >= 0.6 is 11.6 Å². The number of fused-ring (bicyclic) bond motifs is 1. The fourth-order valence-electron chi connectivity index (χ4n) is 3.70. The molecule has 33 heavy (non-hydrogen) atoms. The monoisotopic (exact) mass is 466 g/mol. The average molecular weight is 467 g/mol. The molecule has 0 saturated carbocycles. The summed E-state index contributed by atoms with van der Waals surface area (Å²) in [6.45, 7) is 4.67. The molecule has 2 aromatic carbocycles. The van der Waals surface area contributed by atoms with Gasteiger partial charge in [-0.05, 0) is 50.2 Å². The van der Waals surface area contributed by atoms with Crippen LogP contribution in [-0.2, 0) is 17.8 Å². The molecule has 1 N–H and O–H groups in total. The van der Waals surface area contributed by atoms with E-state index >= 15 is 0 Å². The maximum Gasteiger partial charge on any atom is 0.254 e. The second-order valence-corrected chi connectivity index (χ2v) is 9.09. The Labute approximate surface area is 198 Å². The zero-order chi connectivity index (χ0) is 23.6. The summed E-state index contributed by atoms with van der Waals surface area (Å²) in [4.78, 5) is 27.3. The van der Waals surface area contributed by atoms with Crippen LogP contribution in [0.25, 0.3) is 11.3 Å². The molecule has 3 aromatic rings. The molecular formula is C26H27ClN2O4. The summed E-state index contributed by atoms with van der Waals surface area (Å²) in [5.41, 5.74) is 2.46. The van der Waals surface area contributed by atoms with Gasteiger partial charge in [-0.2, -0.15) is 0 Å². The lowest BCUT2D eigenvalue weighted by molar-refractivity contribution is -0.122. The fraction of sp³-hybridized carbons (Fsp3) is 0.308. The van der Waals surface area contributed by atoms with Gasteiger partial charge in [-0.15, -0.1) is 11.6 Å². The third-order valence-electron chi connectivity index (χ3n) is 5.82. The molecule has 0 unspecified atom stereocenters. The highest BCUT2D eigenvalue weighted by atomic mass is 35.5. The minimum atomic E-state index is -0.667. The minimum absolute atomic E-state index is 0.0334. The number of carbonyl (C=O) groups is 2. The van der Waals surface area contributed by atoms with Crippen molar-refractivity contribution in [2.24, 2.45) is 5.41 Å². The molecule has 0 spiro atoms. The van der Waals surface area contributed by atoms with Gasteiger partial charge in [0, 0.05) is 47.8 Å². The van der Waals surface area contributed by atoms with E-state index in [0.717, 1.165) is 16.9 Å². The van der Waals surface area contributed by atoms with Gasteiger partial charge in [0.25, 0.3) is 5.91 Å². The molecule has 0 fully saturated rings. The Kier molecular flexibility index (Phi) is 6.47. The highest BCUT2D eigenvalue weighted by Gasteiger charge is 2.27. The van der Waals surface area contributed by atoms with Crippen LogP contribution in [0.15, 0.2) is 59.0 Å². The summed E-state index contributed by atoms with van der Waals surface area (Å²) in [5, 5.41) is 2.93. The molecular weight excluding hydrogens is 440 g/mol. The number of hydrogen-bond acceptors (Lipinski definition) is 4. The first-order valence-electron chi connectivity index (χ1n) is 10.8. The Morgan fingerprint density at radius 1 is 1.15 bits per heavy atom. The zero-order valence-corrected chi connectivity index (χ0v) is 19.7. The number of carbonyl (C=O) groups excluding carboxylic acids is 2.